The minimum absolute atomic E-state index is 0.207. The van der Waals surface area contributed by atoms with Crippen molar-refractivity contribution in [3.8, 4) is 28.4 Å². The molecule has 5 rings (SSSR count). The Labute approximate surface area is 152 Å². The van der Waals surface area contributed by atoms with Crippen LogP contribution in [0.25, 0.3) is 22.6 Å². The third-order valence-corrected chi connectivity index (χ3v) is 4.54. The third kappa shape index (κ3) is 2.34. The molecule has 0 atom stereocenters. The van der Waals surface area contributed by atoms with Gasteiger partial charge in [-0.15, -0.1) is 0 Å². The van der Waals surface area contributed by atoms with Gasteiger partial charge < -0.3 is 13.9 Å². The Hall–Kier alpha value is -3.25. The fourth-order valence-electron chi connectivity index (χ4n) is 2.98. The van der Waals surface area contributed by atoms with E-state index < -0.39 is 0 Å². The number of aromatic nitrogens is 3. The van der Waals surface area contributed by atoms with Gasteiger partial charge in [0.1, 0.15) is 0 Å². The molecule has 0 spiro atoms. The SMILES string of the molecule is O=c1c2nc(-c3ccc4c(c3)OCO4)cn2ccn1-c1ccc(Cl)cc1. The highest BCUT2D eigenvalue weighted by Gasteiger charge is 2.16. The van der Waals surface area contributed by atoms with Crippen molar-refractivity contribution >= 4 is 17.2 Å². The van der Waals surface area contributed by atoms with Gasteiger partial charge in [0.05, 0.1) is 5.69 Å². The fraction of sp³-hybridized carbons (Fsp3) is 0.0526. The lowest BCUT2D eigenvalue weighted by molar-refractivity contribution is 0.174. The standard InChI is InChI=1S/C19H12ClN3O3/c20-13-2-4-14(5-3-13)23-8-7-22-10-15(21-18(22)19(23)24)12-1-6-16-17(9-12)26-11-25-16/h1-10H,11H2. The van der Waals surface area contributed by atoms with Gasteiger partial charge in [-0.3, -0.25) is 9.36 Å². The second-order valence-electron chi connectivity index (χ2n) is 5.87. The van der Waals surface area contributed by atoms with Crippen LogP contribution in [-0.2, 0) is 0 Å². The lowest BCUT2D eigenvalue weighted by atomic mass is 10.1. The highest BCUT2D eigenvalue weighted by Crippen LogP contribution is 2.35. The number of halogens is 1. The van der Waals surface area contributed by atoms with E-state index in [-0.39, 0.29) is 12.4 Å². The van der Waals surface area contributed by atoms with E-state index in [1.165, 1.54) is 0 Å². The van der Waals surface area contributed by atoms with Gasteiger partial charge in [-0.25, -0.2) is 4.98 Å². The van der Waals surface area contributed by atoms with E-state index in [1.807, 2.05) is 24.4 Å². The molecule has 6 nitrogen and oxygen atoms in total. The van der Waals surface area contributed by atoms with Crippen LogP contribution < -0.4 is 15.0 Å². The smallest absolute Gasteiger partial charge is 0.298 e. The highest BCUT2D eigenvalue weighted by molar-refractivity contribution is 6.30. The van der Waals surface area contributed by atoms with Crippen molar-refractivity contribution in [1.29, 1.82) is 0 Å². The van der Waals surface area contributed by atoms with E-state index >= 15 is 0 Å². The van der Waals surface area contributed by atoms with E-state index in [1.54, 1.807) is 45.6 Å². The van der Waals surface area contributed by atoms with E-state index in [2.05, 4.69) is 4.98 Å². The van der Waals surface area contributed by atoms with Crippen molar-refractivity contribution in [2.75, 3.05) is 6.79 Å². The normalized spacial score (nSPS) is 12.7. The molecule has 1 aliphatic heterocycles. The van der Waals surface area contributed by atoms with Gasteiger partial charge in [0.15, 0.2) is 11.5 Å². The minimum atomic E-state index is -0.207. The molecule has 0 saturated carbocycles. The molecule has 7 heteroatoms. The maximum atomic E-state index is 12.8. The van der Waals surface area contributed by atoms with E-state index in [0.29, 0.717) is 27.9 Å². The van der Waals surface area contributed by atoms with Gasteiger partial charge in [0, 0.05) is 34.9 Å². The zero-order chi connectivity index (χ0) is 17.7. The van der Waals surface area contributed by atoms with Gasteiger partial charge in [-0.2, -0.15) is 0 Å². The van der Waals surface area contributed by atoms with E-state index in [0.717, 1.165) is 11.3 Å². The Morgan fingerprint density at radius 3 is 2.65 bits per heavy atom. The molecule has 0 bridgehead atoms. The maximum absolute atomic E-state index is 12.8. The number of fused-ring (bicyclic) bond motifs is 2. The molecule has 0 saturated heterocycles. The summed E-state index contributed by atoms with van der Waals surface area (Å²) < 4.78 is 14.0. The number of ether oxygens (including phenoxy) is 2. The summed E-state index contributed by atoms with van der Waals surface area (Å²) in [4.78, 5) is 17.4. The van der Waals surface area contributed by atoms with Crippen molar-refractivity contribution in [1.82, 2.24) is 14.0 Å². The van der Waals surface area contributed by atoms with Crippen molar-refractivity contribution in [2.24, 2.45) is 0 Å². The lowest BCUT2D eigenvalue weighted by Gasteiger charge is -2.05. The van der Waals surface area contributed by atoms with Crippen LogP contribution in [0, 0.1) is 0 Å². The number of nitrogens with zero attached hydrogens (tertiary/aromatic N) is 3. The van der Waals surface area contributed by atoms with Crippen LogP contribution in [0.3, 0.4) is 0 Å². The first-order valence-corrected chi connectivity index (χ1v) is 8.33. The average Bonchev–Trinajstić information content (AvgIpc) is 3.29. The van der Waals surface area contributed by atoms with Crippen molar-refractivity contribution in [3.05, 3.63) is 76.4 Å². The van der Waals surface area contributed by atoms with Crippen LogP contribution in [0.1, 0.15) is 0 Å². The Kier molecular flexibility index (Phi) is 3.26. The van der Waals surface area contributed by atoms with Crippen LogP contribution in [0.15, 0.2) is 65.8 Å². The molecule has 4 aromatic rings. The number of imidazole rings is 1. The zero-order valence-corrected chi connectivity index (χ0v) is 14.2. The van der Waals surface area contributed by atoms with Crippen molar-refractivity contribution in [3.63, 3.8) is 0 Å². The van der Waals surface area contributed by atoms with Gasteiger partial charge >= 0.3 is 0 Å². The molecule has 0 aliphatic carbocycles. The summed E-state index contributed by atoms with van der Waals surface area (Å²) in [5, 5.41) is 0.619. The van der Waals surface area contributed by atoms with Gasteiger partial charge in [0.2, 0.25) is 12.4 Å². The van der Waals surface area contributed by atoms with E-state index in [4.69, 9.17) is 21.1 Å². The van der Waals surface area contributed by atoms with Crippen LogP contribution in [0.4, 0.5) is 0 Å². The van der Waals surface area contributed by atoms with Crippen LogP contribution in [-0.4, -0.2) is 20.7 Å². The lowest BCUT2D eigenvalue weighted by Crippen LogP contribution is -2.19. The molecule has 0 radical (unpaired) electrons. The molecule has 0 fully saturated rings. The highest BCUT2D eigenvalue weighted by atomic mass is 35.5. The summed E-state index contributed by atoms with van der Waals surface area (Å²) in [6.07, 6.45) is 5.33. The van der Waals surface area contributed by atoms with Crippen LogP contribution >= 0.6 is 11.6 Å². The molecule has 2 aromatic carbocycles. The fourth-order valence-corrected chi connectivity index (χ4v) is 3.11. The molecule has 0 amide bonds. The molecule has 26 heavy (non-hydrogen) atoms. The summed E-state index contributed by atoms with van der Waals surface area (Å²) in [5.41, 5.74) is 2.41. The Morgan fingerprint density at radius 2 is 1.81 bits per heavy atom. The molecule has 128 valence electrons. The van der Waals surface area contributed by atoms with Crippen LogP contribution in [0.2, 0.25) is 5.02 Å². The molecular formula is C19H12ClN3O3. The summed E-state index contributed by atoms with van der Waals surface area (Å²) >= 11 is 5.92. The predicted octanol–water partition coefficient (Wildman–Crippen LogP) is 3.53. The molecule has 0 unspecified atom stereocenters. The van der Waals surface area contributed by atoms with Crippen molar-refractivity contribution < 1.29 is 9.47 Å². The topological polar surface area (TPSA) is 57.8 Å². The quantitative estimate of drug-likeness (QED) is 0.545. The first-order chi connectivity index (χ1) is 12.7. The first kappa shape index (κ1) is 15.0. The summed E-state index contributed by atoms with van der Waals surface area (Å²) in [6.45, 7) is 0.218. The molecule has 2 aromatic heterocycles. The maximum Gasteiger partial charge on any atom is 0.298 e. The molecule has 0 N–H and O–H groups in total. The Balaban J connectivity index is 1.63. The molecule has 3 heterocycles. The van der Waals surface area contributed by atoms with Crippen LogP contribution in [0.5, 0.6) is 11.5 Å². The predicted molar refractivity (Wildman–Crippen MR) is 97.4 cm³/mol. The average molecular weight is 366 g/mol. The summed E-state index contributed by atoms with van der Waals surface area (Å²) in [6, 6.07) is 12.7. The third-order valence-electron chi connectivity index (χ3n) is 4.29. The van der Waals surface area contributed by atoms with Gasteiger partial charge in [-0.1, -0.05) is 11.6 Å². The molecule has 1 aliphatic rings. The number of rotatable bonds is 2. The second kappa shape index (κ2) is 5.64. The first-order valence-electron chi connectivity index (χ1n) is 7.95. The number of hydrogen-bond donors (Lipinski definition) is 0. The van der Waals surface area contributed by atoms with E-state index in [9.17, 15) is 4.79 Å². The number of hydrogen-bond acceptors (Lipinski definition) is 4. The van der Waals surface area contributed by atoms with Crippen molar-refractivity contribution in [2.45, 2.75) is 0 Å². The Morgan fingerprint density at radius 1 is 1.00 bits per heavy atom. The summed E-state index contributed by atoms with van der Waals surface area (Å²) in [7, 11) is 0. The van der Waals surface area contributed by atoms with Gasteiger partial charge in [-0.05, 0) is 42.5 Å². The minimum Gasteiger partial charge on any atom is -0.454 e. The van der Waals surface area contributed by atoms with Gasteiger partial charge in [0.25, 0.3) is 5.56 Å². The number of benzene rings is 2. The summed E-state index contributed by atoms with van der Waals surface area (Å²) in [5.74, 6) is 1.39. The zero-order valence-electron chi connectivity index (χ0n) is 13.4. The molecular weight excluding hydrogens is 354 g/mol. The second-order valence-corrected chi connectivity index (χ2v) is 6.31. The monoisotopic (exact) mass is 365 g/mol. The Bertz CT molecular complexity index is 1200. The largest absolute Gasteiger partial charge is 0.454 e.